The topological polar surface area (TPSA) is 25.2 Å². The minimum atomic E-state index is -4.60. The van der Waals surface area contributed by atoms with Gasteiger partial charge in [0.1, 0.15) is 6.17 Å². The Morgan fingerprint density at radius 2 is 1.91 bits per heavy atom. The lowest BCUT2D eigenvalue weighted by Crippen LogP contribution is -2.47. The van der Waals surface area contributed by atoms with Crippen LogP contribution in [0.4, 0.5) is 17.6 Å². The molecule has 1 aromatic carbocycles. The number of rotatable bonds is 2. The largest absolute Gasteiger partial charge is 0.417 e. The number of likely N-dealkylation sites (tertiary alicyclic amines) is 1. The van der Waals surface area contributed by atoms with E-state index < -0.39 is 23.5 Å². The number of hydrogen-bond donors (Lipinski definition) is 0. The van der Waals surface area contributed by atoms with E-state index in [1.165, 1.54) is 30.7 Å². The second-order valence-electron chi connectivity index (χ2n) is 6.00. The zero-order valence-corrected chi connectivity index (χ0v) is 12.7. The number of halogens is 4. The molecular weight excluding hydrogens is 312 g/mol. The Balaban J connectivity index is 2.16. The monoisotopic (exact) mass is 328 g/mol. The van der Waals surface area contributed by atoms with Crippen LogP contribution in [0, 0.1) is 6.92 Å². The molecule has 7 heteroatoms. The fraction of sp³-hybridized carbons (Fsp3) is 0.438. The highest BCUT2D eigenvalue weighted by atomic mass is 19.4. The molecule has 2 heterocycles. The SMILES string of the molecule is Cc1c(C(F)(F)F)c2cc(CN3CC(F)C3)ccc2n(C)c1=O. The number of fused-ring (bicyclic) bond motifs is 1. The van der Waals surface area contributed by atoms with Gasteiger partial charge in [-0.2, -0.15) is 13.2 Å². The van der Waals surface area contributed by atoms with Crippen LogP contribution in [-0.4, -0.2) is 28.7 Å². The zero-order valence-electron chi connectivity index (χ0n) is 12.7. The molecular formula is C16H16F4N2O. The van der Waals surface area contributed by atoms with Gasteiger partial charge in [-0.1, -0.05) is 6.07 Å². The summed E-state index contributed by atoms with van der Waals surface area (Å²) in [6, 6.07) is 4.66. The molecule has 0 radical (unpaired) electrons. The number of aryl methyl sites for hydroxylation is 1. The van der Waals surface area contributed by atoms with E-state index in [9.17, 15) is 22.4 Å². The summed E-state index contributed by atoms with van der Waals surface area (Å²) >= 11 is 0. The summed E-state index contributed by atoms with van der Waals surface area (Å²) in [6.07, 6.45) is -5.46. The molecule has 0 aliphatic carbocycles. The van der Waals surface area contributed by atoms with Crippen LogP contribution in [0.1, 0.15) is 16.7 Å². The summed E-state index contributed by atoms with van der Waals surface area (Å²) in [5, 5.41) is 0.00641. The van der Waals surface area contributed by atoms with Crippen LogP contribution in [0.25, 0.3) is 10.9 Å². The highest BCUT2D eigenvalue weighted by Crippen LogP contribution is 2.36. The van der Waals surface area contributed by atoms with E-state index in [1.54, 1.807) is 6.07 Å². The Morgan fingerprint density at radius 1 is 1.26 bits per heavy atom. The summed E-state index contributed by atoms with van der Waals surface area (Å²) < 4.78 is 54.3. The van der Waals surface area contributed by atoms with E-state index in [2.05, 4.69) is 0 Å². The normalized spacial score (nSPS) is 16.8. The van der Waals surface area contributed by atoms with Crippen LogP contribution in [0.15, 0.2) is 23.0 Å². The van der Waals surface area contributed by atoms with Crippen LogP contribution in [0.2, 0.25) is 0 Å². The molecule has 3 rings (SSSR count). The van der Waals surface area contributed by atoms with Crippen molar-refractivity contribution in [1.29, 1.82) is 0 Å². The van der Waals surface area contributed by atoms with Gasteiger partial charge >= 0.3 is 6.18 Å². The van der Waals surface area contributed by atoms with Crippen LogP contribution in [0.5, 0.6) is 0 Å². The van der Waals surface area contributed by atoms with Gasteiger partial charge in [-0.15, -0.1) is 0 Å². The van der Waals surface area contributed by atoms with E-state index in [1.807, 2.05) is 4.90 Å². The van der Waals surface area contributed by atoms with Gasteiger partial charge in [-0.05, 0) is 24.6 Å². The van der Waals surface area contributed by atoms with Crippen molar-refractivity contribution < 1.29 is 17.6 Å². The van der Waals surface area contributed by atoms with E-state index in [4.69, 9.17) is 0 Å². The van der Waals surface area contributed by atoms with Crippen molar-refractivity contribution in [3.05, 3.63) is 45.2 Å². The van der Waals surface area contributed by atoms with Gasteiger partial charge in [0, 0.05) is 37.6 Å². The van der Waals surface area contributed by atoms with Crippen molar-refractivity contribution in [2.24, 2.45) is 7.05 Å². The summed E-state index contributed by atoms with van der Waals surface area (Å²) in [5.74, 6) is 0. The molecule has 1 saturated heterocycles. The Kier molecular flexibility index (Phi) is 3.71. The van der Waals surface area contributed by atoms with Gasteiger partial charge in [0.15, 0.2) is 0 Å². The lowest BCUT2D eigenvalue weighted by atomic mass is 10.0. The van der Waals surface area contributed by atoms with Gasteiger partial charge in [-0.3, -0.25) is 9.69 Å². The summed E-state index contributed by atoms with van der Waals surface area (Å²) in [4.78, 5) is 13.8. The van der Waals surface area contributed by atoms with Gasteiger partial charge in [-0.25, -0.2) is 4.39 Å². The predicted molar refractivity (Wildman–Crippen MR) is 79.1 cm³/mol. The Labute approximate surface area is 130 Å². The Hall–Kier alpha value is -1.89. The quantitative estimate of drug-likeness (QED) is 0.792. The smallest absolute Gasteiger partial charge is 0.311 e. The standard InChI is InChI=1S/C16H16F4N2O/c1-9-14(16(18,19)20)12-5-10(6-22-7-11(17)8-22)3-4-13(12)21(2)15(9)23/h3-5,11H,6-8H2,1-2H3. The third-order valence-electron chi connectivity index (χ3n) is 4.29. The van der Waals surface area contributed by atoms with Gasteiger partial charge in [0.05, 0.1) is 11.1 Å². The van der Waals surface area contributed by atoms with Crippen molar-refractivity contribution in [1.82, 2.24) is 9.47 Å². The fourth-order valence-corrected chi connectivity index (χ4v) is 3.10. The van der Waals surface area contributed by atoms with Crippen molar-refractivity contribution >= 4 is 10.9 Å². The first kappa shape index (κ1) is 16.0. The number of hydrogen-bond acceptors (Lipinski definition) is 2. The van der Waals surface area contributed by atoms with E-state index in [0.29, 0.717) is 25.2 Å². The van der Waals surface area contributed by atoms with Crippen LogP contribution >= 0.6 is 0 Å². The highest BCUT2D eigenvalue weighted by Gasteiger charge is 2.36. The maximum atomic E-state index is 13.4. The number of benzene rings is 1. The molecule has 0 amide bonds. The van der Waals surface area contributed by atoms with E-state index in [-0.39, 0.29) is 16.5 Å². The summed E-state index contributed by atoms with van der Waals surface area (Å²) in [5.41, 5.74) is -0.931. The Bertz CT molecular complexity index is 819. The van der Waals surface area contributed by atoms with Crippen LogP contribution in [0.3, 0.4) is 0 Å². The molecule has 124 valence electrons. The summed E-state index contributed by atoms with van der Waals surface area (Å²) in [6.45, 7) is 2.20. The zero-order chi connectivity index (χ0) is 16.9. The number of pyridine rings is 1. The molecule has 1 fully saturated rings. The number of aromatic nitrogens is 1. The van der Waals surface area contributed by atoms with E-state index in [0.717, 1.165) is 0 Å². The minimum Gasteiger partial charge on any atom is -0.311 e. The summed E-state index contributed by atoms with van der Waals surface area (Å²) in [7, 11) is 1.46. The predicted octanol–water partition coefficient (Wildman–Crippen LogP) is 3.02. The van der Waals surface area contributed by atoms with Gasteiger partial charge in [0.25, 0.3) is 5.56 Å². The second-order valence-corrected chi connectivity index (χ2v) is 6.00. The molecule has 23 heavy (non-hydrogen) atoms. The highest BCUT2D eigenvalue weighted by molar-refractivity contribution is 5.85. The van der Waals surface area contributed by atoms with Crippen molar-refractivity contribution in [2.45, 2.75) is 25.8 Å². The third-order valence-corrected chi connectivity index (χ3v) is 4.29. The lowest BCUT2D eigenvalue weighted by Gasteiger charge is -2.34. The maximum Gasteiger partial charge on any atom is 0.417 e. The molecule has 0 saturated carbocycles. The maximum absolute atomic E-state index is 13.4. The molecule has 1 aliphatic rings. The van der Waals surface area contributed by atoms with Crippen LogP contribution < -0.4 is 5.56 Å². The van der Waals surface area contributed by atoms with Crippen molar-refractivity contribution in [3.63, 3.8) is 0 Å². The first-order valence-electron chi connectivity index (χ1n) is 7.24. The first-order valence-corrected chi connectivity index (χ1v) is 7.24. The average molecular weight is 328 g/mol. The minimum absolute atomic E-state index is 0.00641. The lowest BCUT2D eigenvalue weighted by molar-refractivity contribution is -0.136. The van der Waals surface area contributed by atoms with Crippen molar-refractivity contribution in [2.75, 3.05) is 13.1 Å². The van der Waals surface area contributed by atoms with Gasteiger partial charge < -0.3 is 4.57 Å². The molecule has 0 spiro atoms. The molecule has 3 nitrogen and oxygen atoms in total. The third kappa shape index (κ3) is 2.73. The first-order chi connectivity index (χ1) is 10.7. The number of nitrogens with zero attached hydrogens (tertiary/aromatic N) is 2. The number of alkyl halides is 4. The fourth-order valence-electron chi connectivity index (χ4n) is 3.10. The molecule has 0 N–H and O–H groups in total. The van der Waals surface area contributed by atoms with Crippen molar-refractivity contribution in [3.8, 4) is 0 Å². The molecule has 0 unspecified atom stereocenters. The van der Waals surface area contributed by atoms with E-state index >= 15 is 0 Å². The molecule has 2 aromatic rings. The molecule has 1 aliphatic heterocycles. The second kappa shape index (κ2) is 5.33. The molecule has 0 bridgehead atoms. The Morgan fingerprint density at radius 3 is 2.48 bits per heavy atom. The average Bonchev–Trinajstić information content (AvgIpc) is 2.42. The van der Waals surface area contributed by atoms with Crippen LogP contribution in [-0.2, 0) is 19.8 Å². The molecule has 0 atom stereocenters. The molecule has 1 aromatic heterocycles. The van der Waals surface area contributed by atoms with Gasteiger partial charge in [0.2, 0.25) is 0 Å².